The molecule has 126 valence electrons. The van der Waals surface area contributed by atoms with Gasteiger partial charge in [-0.1, -0.05) is 18.7 Å². The molecule has 0 spiro atoms. The number of thioether (sulfide) groups is 1. The fraction of sp³-hybridized carbons (Fsp3) is 0.500. The average molecular weight is 362 g/mol. The number of hydrogen-bond donors (Lipinski definition) is 1. The van der Waals surface area contributed by atoms with E-state index in [0.29, 0.717) is 24.1 Å². The summed E-state index contributed by atoms with van der Waals surface area (Å²) in [7, 11) is 0. The smallest absolute Gasteiger partial charge is 0.277 e. The molecule has 0 aliphatic heterocycles. The lowest BCUT2D eigenvalue weighted by molar-refractivity contribution is -0.118. The summed E-state index contributed by atoms with van der Waals surface area (Å²) in [6.45, 7) is 2.65. The van der Waals surface area contributed by atoms with Crippen molar-refractivity contribution in [3.05, 3.63) is 16.5 Å². The number of rotatable bonds is 6. The Morgan fingerprint density at radius 1 is 1.58 bits per heavy atom. The summed E-state index contributed by atoms with van der Waals surface area (Å²) in [5, 5.41) is 19.6. The van der Waals surface area contributed by atoms with Gasteiger partial charge in [0, 0.05) is 11.4 Å². The van der Waals surface area contributed by atoms with E-state index in [9.17, 15) is 4.79 Å². The van der Waals surface area contributed by atoms with E-state index in [4.69, 9.17) is 9.68 Å². The number of nitriles is 1. The molecule has 0 aromatic carbocycles. The number of carbonyl (C=O) groups is 1. The predicted octanol–water partition coefficient (Wildman–Crippen LogP) is 3.04. The molecule has 0 saturated carbocycles. The summed E-state index contributed by atoms with van der Waals surface area (Å²) < 4.78 is 5.67. The highest BCUT2D eigenvalue weighted by Gasteiger charge is 2.21. The van der Waals surface area contributed by atoms with Gasteiger partial charge in [0.05, 0.1) is 23.1 Å². The lowest BCUT2D eigenvalue weighted by Gasteiger charge is -2.16. The fourth-order valence-electron chi connectivity index (χ4n) is 2.61. The number of aromatic nitrogens is 2. The maximum atomic E-state index is 11.6. The largest absolute Gasteiger partial charge is 0.410 e. The third kappa shape index (κ3) is 4.16. The molecule has 1 N–H and O–H groups in total. The van der Waals surface area contributed by atoms with Crippen molar-refractivity contribution in [2.45, 2.75) is 37.8 Å². The van der Waals surface area contributed by atoms with Crippen molar-refractivity contribution in [3.8, 4) is 16.8 Å². The average Bonchev–Trinajstić information content (AvgIpc) is 3.19. The lowest BCUT2D eigenvalue weighted by atomic mass is 9.90. The topological polar surface area (TPSA) is 91.8 Å². The molecule has 0 saturated heterocycles. The number of thiophene rings is 1. The minimum absolute atomic E-state index is 0.143. The molecule has 1 amide bonds. The molecular formula is C16H18N4O2S2. The summed E-state index contributed by atoms with van der Waals surface area (Å²) in [5.74, 6) is 1.31. The third-order valence-corrected chi connectivity index (χ3v) is 5.88. The molecule has 1 atom stereocenters. The van der Waals surface area contributed by atoms with Gasteiger partial charge < -0.3 is 9.73 Å². The van der Waals surface area contributed by atoms with E-state index in [-0.39, 0.29) is 11.7 Å². The van der Waals surface area contributed by atoms with E-state index in [1.54, 1.807) is 11.3 Å². The second kappa shape index (κ2) is 7.81. The van der Waals surface area contributed by atoms with E-state index in [1.165, 1.54) is 28.6 Å². The standard InChI is InChI=1S/C16H18N4O2S2/c1-10-3-4-12-11(7-10)8-13(24-12)15-19-20-16(22-15)23-9-14(21)18-6-2-5-17/h8,10H,2-4,6-7,9H2,1H3,(H,18,21)/t10-/m1/s1. The number of aryl methyl sites for hydroxylation is 1. The van der Waals surface area contributed by atoms with Crippen molar-refractivity contribution in [1.29, 1.82) is 5.26 Å². The van der Waals surface area contributed by atoms with Crippen LogP contribution in [0.4, 0.5) is 0 Å². The Bertz CT molecular complexity index is 762. The number of carbonyl (C=O) groups excluding carboxylic acids is 1. The monoisotopic (exact) mass is 362 g/mol. The second-order valence-corrected chi connectivity index (χ2v) is 7.89. The summed E-state index contributed by atoms with van der Waals surface area (Å²) >= 11 is 2.93. The maximum Gasteiger partial charge on any atom is 0.277 e. The summed E-state index contributed by atoms with van der Waals surface area (Å²) in [6, 6.07) is 4.14. The molecule has 2 heterocycles. The highest BCUT2D eigenvalue weighted by molar-refractivity contribution is 7.99. The molecule has 24 heavy (non-hydrogen) atoms. The number of hydrogen-bond acceptors (Lipinski definition) is 7. The molecule has 3 rings (SSSR count). The van der Waals surface area contributed by atoms with Crippen LogP contribution >= 0.6 is 23.1 Å². The van der Waals surface area contributed by atoms with Crippen LogP contribution in [0.1, 0.15) is 30.2 Å². The molecule has 0 radical (unpaired) electrons. The van der Waals surface area contributed by atoms with Crippen molar-refractivity contribution < 1.29 is 9.21 Å². The van der Waals surface area contributed by atoms with Gasteiger partial charge in [0.15, 0.2) is 0 Å². The Hall–Kier alpha value is -1.85. The van der Waals surface area contributed by atoms with Gasteiger partial charge >= 0.3 is 0 Å². The van der Waals surface area contributed by atoms with Crippen LogP contribution in [-0.4, -0.2) is 28.4 Å². The summed E-state index contributed by atoms with van der Waals surface area (Å²) in [6.07, 6.45) is 3.78. The molecule has 2 aromatic rings. The molecule has 0 unspecified atom stereocenters. The first-order valence-electron chi connectivity index (χ1n) is 7.87. The minimum atomic E-state index is -0.143. The Morgan fingerprint density at radius 2 is 2.46 bits per heavy atom. The van der Waals surface area contributed by atoms with Crippen molar-refractivity contribution in [3.63, 3.8) is 0 Å². The quantitative estimate of drug-likeness (QED) is 0.627. The van der Waals surface area contributed by atoms with Crippen molar-refractivity contribution in [2.24, 2.45) is 5.92 Å². The summed E-state index contributed by atoms with van der Waals surface area (Å²) in [5.41, 5.74) is 1.40. The third-order valence-electron chi connectivity index (χ3n) is 3.83. The molecule has 1 aliphatic rings. The van der Waals surface area contributed by atoms with Crippen LogP contribution in [0.3, 0.4) is 0 Å². The Labute approximate surface area is 148 Å². The molecular weight excluding hydrogens is 344 g/mol. The van der Waals surface area contributed by atoms with Gasteiger partial charge in [0.2, 0.25) is 5.91 Å². The Morgan fingerprint density at radius 3 is 3.29 bits per heavy atom. The van der Waals surface area contributed by atoms with Gasteiger partial charge in [-0.15, -0.1) is 21.5 Å². The van der Waals surface area contributed by atoms with Gasteiger partial charge in [-0.05, 0) is 36.8 Å². The van der Waals surface area contributed by atoms with Gasteiger partial charge in [-0.3, -0.25) is 4.79 Å². The van der Waals surface area contributed by atoms with Crippen molar-refractivity contribution >= 4 is 29.0 Å². The SMILES string of the molecule is C[C@@H]1CCc2sc(-c3nnc(SCC(=O)NCCC#N)o3)cc2C1. The molecule has 8 heteroatoms. The minimum Gasteiger partial charge on any atom is -0.410 e. The second-order valence-electron chi connectivity index (χ2n) is 5.83. The number of fused-ring (bicyclic) bond motifs is 1. The zero-order valence-corrected chi connectivity index (χ0v) is 15.0. The van der Waals surface area contributed by atoms with E-state index in [0.717, 1.165) is 23.6 Å². The van der Waals surface area contributed by atoms with Gasteiger partial charge in [0.1, 0.15) is 0 Å². The summed E-state index contributed by atoms with van der Waals surface area (Å²) in [4.78, 5) is 14.0. The molecule has 0 bridgehead atoms. The molecule has 0 fully saturated rings. The zero-order chi connectivity index (χ0) is 16.9. The van der Waals surface area contributed by atoms with E-state index < -0.39 is 0 Å². The van der Waals surface area contributed by atoms with Gasteiger partial charge in [0.25, 0.3) is 11.1 Å². The van der Waals surface area contributed by atoms with Crippen molar-refractivity contribution in [1.82, 2.24) is 15.5 Å². The molecule has 6 nitrogen and oxygen atoms in total. The van der Waals surface area contributed by atoms with E-state index >= 15 is 0 Å². The van der Waals surface area contributed by atoms with Crippen LogP contribution in [0.25, 0.3) is 10.8 Å². The first-order valence-corrected chi connectivity index (χ1v) is 9.68. The van der Waals surface area contributed by atoms with Crippen LogP contribution in [0.15, 0.2) is 15.7 Å². The maximum absolute atomic E-state index is 11.6. The van der Waals surface area contributed by atoms with E-state index in [1.807, 2.05) is 6.07 Å². The molecule has 2 aromatic heterocycles. The van der Waals surface area contributed by atoms with Gasteiger partial charge in [-0.2, -0.15) is 5.26 Å². The normalized spacial score (nSPS) is 16.4. The van der Waals surface area contributed by atoms with Gasteiger partial charge in [-0.25, -0.2) is 0 Å². The van der Waals surface area contributed by atoms with Crippen LogP contribution < -0.4 is 5.32 Å². The van der Waals surface area contributed by atoms with Crippen LogP contribution in [0, 0.1) is 17.2 Å². The predicted molar refractivity (Wildman–Crippen MR) is 92.8 cm³/mol. The highest BCUT2D eigenvalue weighted by Crippen LogP contribution is 2.37. The van der Waals surface area contributed by atoms with Crippen LogP contribution in [0.5, 0.6) is 0 Å². The lowest BCUT2D eigenvalue weighted by Crippen LogP contribution is -2.25. The Kier molecular flexibility index (Phi) is 5.53. The fourth-order valence-corrected chi connectivity index (χ4v) is 4.34. The molecule has 1 aliphatic carbocycles. The number of nitrogens with one attached hydrogen (secondary N) is 1. The number of nitrogens with zero attached hydrogens (tertiary/aromatic N) is 3. The zero-order valence-electron chi connectivity index (χ0n) is 13.4. The van der Waals surface area contributed by atoms with Crippen LogP contribution in [-0.2, 0) is 17.6 Å². The Balaban J connectivity index is 1.58. The first-order chi connectivity index (χ1) is 11.7. The van der Waals surface area contributed by atoms with Crippen LogP contribution in [0.2, 0.25) is 0 Å². The van der Waals surface area contributed by atoms with Crippen molar-refractivity contribution in [2.75, 3.05) is 12.3 Å². The first kappa shape index (κ1) is 17.0. The highest BCUT2D eigenvalue weighted by atomic mass is 32.2. The van der Waals surface area contributed by atoms with E-state index in [2.05, 4.69) is 28.5 Å². The number of amides is 1.